The van der Waals surface area contributed by atoms with Crippen LogP contribution >= 0.6 is 0 Å². The molecule has 5 nitrogen and oxygen atoms in total. The van der Waals surface area contributed by atoms with Crippen molar-refractivity contribution >= 4 is 5.91 Å². The average molecular weight is 365 g/mol. The Bertz CT molecular complexity index is 967. The minimum atomic E-state index is -4.85. The van der Waals surface area contributed by atoms with Crippen molar-refractivity contribution in [1.82, 2.24) is 9.78 Å². The van der Waals surface area contributed by atoms with Crippen molar-refractivity contribution in [2.45, 2.75) is 6.36 Å². The Balaban J connectivity index is 2.13. The number of amides is 1. The molecular formula is C17H11F4N3O2. The minimum Gasteiger partial charge on any atom is -0.406 e. The fourth-order valence-corrected chi connectivity index (χ4v) is 2.36. The molecule has 134 valence electrons. The van der Waals surface area contributed by atoms with E-state index in [-0.39, 0.29) is 22.6 Å². The number of nitrogens with two attached hydrogens (primary N) is 1. The number of nitrogens with zero attached hydrogens (tertiary/aromatic N) is 2. The van der Waals surface area contributed by atoms with Gasteiger partial charge in [0.2, 0.25) is 0 Å². The first-order valence-corrected chi connectivity index (χ1v) is 7.25. The fraction of sp³-hybridized carbons (Fsp3) is 0.0588. The summed E-state index contributed by atoms with van der Waals surface area (Å²) in [7, 11) is 0. The van der Waals surface area contributed by atoms with Gasteiger partial charge in [-0.1, -0.05) is 18.2 Å². The van der Waals surface area contributed by atoms with Crippen LogP contribution < -0.4 is 10.5 Å². The molecule has 3 rings (SSSR count). The molecule has 26 heavy (non-hydrogen) atoms. The van der Waals surface area contributed by atoms with Gasteiger partial charge < -0.3 is 10.5 Å². The van der Waals surface area contributed by atoms with Crippen LogP contribution in [-0.2, 0) is 0 Å². The van der Waals surface area contributed by atoms with Gasteiger partial charge in [0.05, 0.1) is 11.4 Å². The summed E-state index contributed by atoms with van der Waals surface area (Å²) < 4.78 is 55.9. The van der Waals surface area contributed by atoms with Crippen molar-refractivity contribution < 1.29 is 27.1 Å². The monoisotopic (exact) mass is 365 g/mol. The van der Waals surface area contributed by atoms with Crippen LogP contribution in [-0.4, -0.2) is 22.1 Å². The number of hydrogen-bond acceptors (Lipinski definition) is 3. The second kappa shape index (κ2) is 6.51. The molecule has 0 radical (unpaired) electrons. The highest BCUT2D eigenvalue weighted by Crippen LogP contribution is 2.30. The predicted molar refractivity (Wildman–Crippen MR) is 84.2 cm³/mol. The first kappa shape index (κ1) is 17.5. The van der Waals surface area contributed by atoms with Crippen molar-refractivity contribution in [1.29, 1.82) is 0 Å². The maximum absolute atomic E-state index is 13.5. The number of carbonyl (C=O) groups is 1. The van der Waals surface area contributed by atoms with E-state index < -0.39 is 23.8 Å². The zero-order chi connectivity index (χ0) is 18.9. The summed E-state index contributed by atoms with van der Waals surface area (Å²) in [6.45, 7) is 0. The van der Waals surface area contributed by atoms with Gasteiger partial charge in [-0.3, -0.25) is 4.79 Å². The Kier molecular flexibility index (Phi) is 4.37. The van der Waals surface area contributed by atoms with E-state index in [0.29, 0.717) is 0 Å². The van der Waals surface area contributed by atoms with Crippen molar-refractivity contribution in [3.05, 3.63) is 66.1 Å². The number of rotatable bonds is 4. The molecule has 1 heterocycles. The van der Waals surface area contributed by atoms with Crippen LogP contribution in [0.4, 0.5) is 17.6 Å². The molecule has 0 saturated carbocycles. The minimum absolute atomic E-state index is 0.119. The third-order valence-corrected chi connectivity index (χ3v) is 3.38. The number of hydrogen-bond donors (Lipinski definition) is 1. The Labute approximate surface area is 144 Å². The summed E-state index contributed by atoms with van der Waals surface area (Å²) in [4.78, 5) is 11.4. The van der Waals surface area contributed by atoms with E-state index in [4.69, 9.17) is 5.73 Å². The Hall–Kier alpha value is -3.36. The van der Waals surface area contributed by atoms with E-state index in [1.54, 1.807) is 0 Å². The Morgan fingerprint density at radius 2 is 1.81 bits per heavy atom. The molecule has 0 aliphatic heterocycles. The first-order valence-electron chi connectivity index (χ1n) is 7.25. The van der Waals surface area contributed by atoms with Crippen LogP contribution in [0.5, 0.6) is 5.75 Å². The molecule has 1 amide bonds. The Morgan fingerprint density at radius 1 is 1.08 bits per heavy atom. The highest BCUT2D eigenvalue weighted by molar-refractivity contribution is 5.92. The number of benzene rings is 2. The fourth-order valence-electron chi connectivity index (χ4n) is 2.36. The van der Waals surface area contributed by atoms with E-state index in [1.165, 1.54) is 41.1 Å². The third-order valence-electron chi connectivity index (χ3n) is 3.38. The van der Waals surface area contributed by atoms with Crippen molar-refractivity contribution in [3.8, 4) is 22.7 Å². The van der Waals surface area contributed by atoms with E-state index >= 15 is 0 Å². The van der Waals surface area contributed by atoms with Gasteiger partial charge in [0.25, 0.3) is 5.91 Å². The molecule has 0 spiro atoms. The van der Waals surface area contributed by atoms with Gasteiger partial charge >= 0.3 is 6.36 Å². The summed E-state index contributed by atoms with van der Waals surface area (Å²) in [6.07, 6.45) is -4.85. The molecule has 0 aliphatic carbocycles. The normalized spacial score (nSPS) is 11.4. The zero-order valence-corrected chi connectivity index (χ0v) is 13.0. The van der Waals surface area contributed by atoms with Crippen LogP contribution in [0.3, 0.4) is 0 Å². The molecular weight excluding hydrogens is 354 g/mol. The second-order valence-electron chi connectivity index (χ2n) is 5.25. The van der Waals surface area contributed by atoms with Gasteiger partial charge in [-0.25, -0.2) is 9.07 Å². The van der Waals surface area contributed by atoms with E-state index in [1.807, 2.05) is 0 Å². The Morgan fingerprint density at radius 3 is 2.46 bits per heavy atom. The number of ether oxygens (including phenoxy) is 1. The molecule has 1 aromatic heterocycles. The van der Waals surface area contributed by atoms with Crippen molar-refractivity contribution in [2.75, 3.05) is 0 Å². The number of aromatic nitrogens is 2. The largest absolute Gasteiger partial charge is 0.573 e. The number of halogens is 4. The molecule has 0 fully saturated rings. The molecule has 0 unspecified atom stereocenters. The van der Waals surface area contributed by atoms with Gasteiger partial charge in [0.1, 0.15) is 11.6 Å². The number of primary amides is 1. The standard InChI is InChI=1S/C17H11F4N3O2/c18-11-4-2-5-12(8-11)24-15(9-14(23-24)16(22)25)10-3-1-6-13(7-10)26-17(19,20)21/h1-9H,(H2,22,25). The lowest BCUT2D eigenvalue weighted by atomic mass is 10.1. The lowest BCUT2D eigenvalue weighted by molar-refractivity contribution is -0.274. The van der Waals surface area contributed by atoms with Crippen LogP contribution in [0, 0.1) is 5.82 Å². The van der Waals surface area contributed by atoms with Crippen LogP contribution in [0.25, 0.3) is 16.9 Å². The second-order valence-corrected chi connectivity index (χ2v) is 5.25. The average Bonchev–Trinajstić information content (AvgIpc) is 2.99. The van der Waals surface area contributed by atoms with E-state index in [2.05, 4.69) is 9.84 Å². The molecule has 0 atom stereocenters. The summed E-state index contributed by atoms with van der Waals surface area (Å²) in [6, 6.07) is 11.8. The molecule has 0 aliphatic rings. The summed E-state index contributed by atoms with van der Waals surface area (Å²) in [5.74, 6) is -1.81. The maximum Gasteiger partial charge on any atom is 0.573 e. The molecule has 3 aromatic rings. The van der Waals surface area contributed by atoms with Crippen LogP contribution in [0.1, 0.15) is 10.5 Å². The van der Waals surface area contributed by atoms with Gasteiger partial charge in [-0.05, 0) is 36.4 Å². The molecule has 9 heteroatoms. The molecule has 0 bridgehead atoms. The van der Waals surface area contributed by atoms with Gasteiger partial charge in [0.15, 0.2) is 5.69 Å². The van der Waals surface area contributed by atoms with E-state index in [0.717, 1.165) is 18.2 Å². The number of carbonyl (C=O) groups excluding carboxylic acids is 1. The lowest BCUT2D eigenvalue weighted by Gasteiger charge is -2.11. The van der Waals surface area contributed by atoms with E-state index in [9.17, 15) is 22.4 Å². The maximum atomic E-state index is 13.5. The smallest absolute Gasteiger partial charge is 0.406 e. The summed E-state index contributed by atoms with van der Waals surface area (Å²) in [5.41, 5.74) is 5.91. The molecule has 2 N–H and O–H groups in total. The van der Waals surface area contributed by atoms with Crippen molar-refractivity contribution in [2.24, 2.45) is 5.73 Å². The molecule has 2 aromatic carbocycles. The van der Waals surface area contributed by atoms with Gasteiger partial charge in [0, 0.05) is 5.56 Å². The van der Waals surface area contributed by atoms with Crippen molar-refractivity contribution in [3.63, 3.8) is 0 Å². The first-order chi connectivity index (χ1) is 12.2. The SMILES string of the molecule is NC(=O)c1cc(-c2cccc(OC(F)(F)F)c2)n(-c2cccc(F)c2)n1. The highest BCUT2D eigenvalue weighted by Gasteiger charge is 2.31. The zero-order valence-electron chi connectivity index (χ0n) is 13.0. The highest BCUT2D eigenvalue weighted by atomic mass is 19.4. The summed E-state index contributed by atoms with van der Waals surface area (Å²) >= 11 is 0. The number of alkyl halides is 3. The van der Waals surface area contributed by atoms with Gasteiger partial charge in [-0.15, -0.1) is 13.2 Å². The van der Waals surface area contributed by atoms with Gasteiger partial charge in [-0.2, -0.15) is 5.10 Å². The predicted octanol–water partition coefficient (Wildman–Crippen LogP) is 3.68. The third kappa shape index (κ3) is 3.82. The molecule has 0 saturated heterocycles. The quantitative estimate of drug-likeness (QED) is 0.717. The van der Waals surface area contributed by atoms with Crippen LogP contribution in [0.15, 0.2) is 54.6 Å². The lowest BCUT2D eigenvalue weighted by Crippen LogP contribution is -2.17. The topological polar surface area (TPSA) is 70.1 Å². The van der Waals surface area contributed by atoms with Crippen LogP contribution in [0.2, 0.25) is 0 Å². The summed E-state index contributed by atoms with van der Waals surface area (Å²) in [5, 5.41) is 4.01.